The molecule has 0 bridgehead atoms. The average Bonchev–Trinajstić information content (AvgIpc) is 3.56. The molecule has 4 aliphatic rings. The fourth-order valence-corrected chi connectivity index (χ4v) is 10.7. The van der Waals surface area contributed by atoms with Gasteiger partial charge in [0.1, 0.15) is 54.9 Å². The Hall–Kier alpha value is -4.79. The van der Waals surface area contributed by atoms with Gasteiger partial charge in [-0.15, -0.1) is 0 Å². The summed E-state index contributed by atoms with van der Waals surface area (Å²) in [4.78, 5) is 25.1. The fourth-order valence-electron chi connectivity index (χ4n) is 10.2. The minimum absolute atomic E-state index is 0.145. The minimum atomic E-state index is -5.23. The fraction of sp³-hybridized carbons (Fsp3) is 0.552. The van der Waals surface area contributed by atoms with Gasteiger partial charge in [0.15, 0.2) is 25.2 Å². The van der Waals surface area contributed by atoms with E-state index in [1.165, 1.54) is 14.0 Å². The third-order valence-corrected chi connectivity index (χ3v) is 14.5. The molecule has 1 amide bonds. The van der Waals surface area contributed by atoms with Crippen LogP contribution in [0.2, 0.25) is 0 Å². The van der Waals surface area contributed by atoms with Gasteiger partial charge in [0.25, 0.3) is 0 Å². The van der Waals surface area contributed by atoms with Crippen LogP contribution < -0.4 is 5.32 Å². The van der Waals surface area contributed by atoms with Crippen LogP contribution in [-0.4, -0.2) is 143 Å². The average molecular weight is 1120 g/mol. The standard InChI is InChI=1S/C58H75NO19S/c1-38-32-44(69-34-41-24-14-9-15-25-41)52(70-35-42-26-16-10-17-27-42)58(72-38)77-53-48(59-39(2)60)56(68-31-21-7-5-4-6-20-30-47(61)66-3)73-45(36-67-33-40-22-12-8-13-23-40)50(53)76-57-49(62)54(78-79(63,64)65)51-46(74-57)37-71-55(75-51)43-28-18-11-19-29-43/h8-19,22-29,38,44-46,48-58,62H,4-7,20-21,30-37H2,1-3H3,(H,59,60)(H,63,64,65)/t38-,44+,45+,46+,48+,49+,50+,51-,52-,53+,54+,55?,56+,57-,58-/m0/s1. The van der Waals surface area contributed by atoms with Gasteiger partial charge in [0.2, 0.25) is 5.91 Å². The summed E-state index contributed by atoms with van der Waals surface area (Å²) in [5, 5.41) is 15.3. The molecule has 79 heavy (non-hydrogen) atoms. The highest BCUT2D eigenvalue weighted by atomic mass is 32.3. The maximum atomic E-state index is 13.5. The molecule has 4 aliphatic heterocycles. The molecule has 4 aromatic carbocycles. The molecule has 0 aromatic heterocycles. The third kappa shape index (κ3) is 18.1. The van der Waals surface area contributed by atoms with Gasteiger partial charge in [-0.3, -0.25) is 14.1 Å². The Morgan fingerprint density at radius 1 is 0.658 bits per heavy atom. The van der Waals surface area contributed by atoms with Crippen molar-refractivity contribution in [1.82, 2.24) is 5.32 Å². The van der Waals surface area contributed by atoms with E-state index in [2.05, 4.69) is 5.32 Å². The van der Waals surface area contributed by atoms with Crippen molar-refractivity contribution in [2.45, 2.75) is 177 Å². The Kier molecular flexibility index (Phi) is 23.1. The van der Waals surface area contributed by atoms with Crippen molar-refractivity contribution in [2.24, 2.45) is 0 Å². The van der Waals surface area contributed by atoms with Gasteiger partial charge in [0.05, 0.1) is 52.4 Å². The van der Waals surface area contributed by atoms with Gasteiger partial charge in [-0.2, -0.15) is 8.42 Å². The number of hydrogen-bond donors (Lipinski definition) is 3. The molecule has 0 aliphatic carbocycles. The Labute approximate surface area is 462 Å². The number of esters is 1. The maximum Gasteiger partial charge on any atom is 0.397 e. The van der Waals surface area contributed by atoms with Crippen LogP contribution in [0.25, 0.3) is 0 Å². The summed E-state index contributed by atoms with van der Waals surface area (Å²) in [5.74, 6) is -0.705. The van der Waals surface area contributed by atoms with Crippen LogP contribution in [0.4, 0.5) is 0 Å². The highest BCUT2D eigenvalue weighted by Gasteiger charge is 2.57. The number of amides is 1. The van der Waals surface area contributed by atoms with E-state index >= 15 is 0 Å². The van der Waals surface area contributed by atoms with E-state index in [1.54, 1.807) is 24.3 Å². The second kappa shape index (κ2) is 30.3. The molecule has 4 aromatic rings. The Bertz CT molecular complexity index is 2540. The van der Waals surface area contributed by atoms with Gasteiger partial charge >= 0.3 is 16.4 Å². The monoisotopic (exact) mass is 1120 g/mol. The van der Waals surface area contributed by atoms with Crippen molar-refractivity contribution < 1.29 is 88.7 Å². The van der Waals surface area contributed by atoms with Gasteiger partial charge in [-0.1, -0.05) is 147 Å². The summed E-state index contributed by atoms with van der Waals surface area (Å²) in [6, 6.07) is 36.5. The Morgan fingerprint density at radius 2 is 1.25 bits per heavy atom. The largest absolute Gasteiger partial charge is 0.469 e. The maximum absolute atomic E-state index is 13.5. The summed E-state index contributed by atoms with van der Waals surface area (Å²) in [6.45, 7) is 3.65. The van der Waals surface area contributed by atoms with E-state index in [-0.39, 0.29) is 45.6 Å². The number of unbranched alkanes of at least 4 members (excludes halogenated alkanes) is 5. The molecule has 0 radical (unpaired) electrons. The number of carbonyl (C=O) groups excluding carboxylic acids is 2. The SMILES string of the molecule is COC(=O)CCCCCCCCO[C@@H]1O[C@H](COCc2ccccc2)[C@@H](O[C@@H]2O[C@@H]3COC(c4ccccc4)O[C@@H]3[C@H](OS(=O)(=O)O)[C@H]2O)[C@H](O[C@@H]2O[C@@H](C)C[C@@H](OCc3ccccc3)[C@@H]2OCc2ccccc2)[C@H]1NC(C)=O. The lowest BCUT2D eigenvalue weighted by Gasteiger charge is -2.51. The summed E-state index contributed by atoms with van der Waals surface area (Å²) in [5.41, 5.74) is 3.28. The summed E-state index contributed by atoms with van der Waals surface area (Å²) in [7, 11) is -3.85. The molecule has 0 saturated carbocycles. The smallest absolute Gasteiger partial charge is 0.397 e. The first-order valence-electron chi connectivity index (χ1n) is 27.1. The molecule has 432 valence electrons. The first kappa shape index (κ1) is 60.3. The van der Waals surface area contributed by atoms with Gasteiger partial charge < -0.3 is 67.3 Å². The normalized spacial score (nSPS) is 30.0. The second-order valence-electron chi connectivity index (χ2n) is 20.1. The van der Waals surface area contributed by atoms with Crippen LogP contribution in [-0.2, 0) is 101 Å². The van der Waals surface area contributed by atoms with Crippen LogP contribution in [0, 0.1) is 0 Å². The highest BCUT2D eigenvalue weighted by molar-refractivity contribution is 7.80. The quantitative estimate of drug-likeness (QED) is 0.0300. The van der Waals surface area contributed by atoms with Gasteiger partial charge in [-0.05, 0) is 36.5 Å². The number of ether oxygens (including phenoxy) is 12. The lowest BCUT2D eigenvalue weighted by Crippen LogP contribution is -2.70. The van der Waals surface area contributed by atoms with Gasteiger partial charge in [0, 0.05) is 31.9 Å². The highest BCUT2D eigenvalue weighted by Crippen LogP contribution is 2.39. The number of fused-ring (bicyclic) bond motifs is 1. The molecule has 4 saturated heterocycles. The molecule has 21 heteroatoms. The lowest BCUT2D eigenvalue weighted by molar-refractivity contribution is -0.389. The zero-order chi connectivity index (χ0) is 55.6. The zero-order valence-electron chi connectivity index (χ0n) is 44.8. The van der Waals surface area contributed by atoms with Crippen molar-refractivity contribution in [2.75, 3.05) is 26.9 Å². The lowest BCUT2D eigenvalue weighted by atomic mass is 9.94. The van der Waals surface area contributed by atoms with Crippen molar-refractivity contribution in [3.8, 4) is 0 Å². The molecule has 0 spiro atoms. The van der Waals surface area contributed by atoms with E-state index in [1.807, 2.05) is 104 Å². The van der Waals surface area contributed by atoms with Crippen LogP contribution in [0.1, 0.15) is 93.8 Å². The van der Waals surface area contributed by atoms with Gasteiger partial charge in [-0.25, -0.2) is 4.18 Å². The molecule has 3 N–H and O–H groups in total. The molecule has 8 rings (SSSR count). The number of carbonyl (C=O) groups is 2. The van der Waals surface area contributed by atoms with Crippen molar-refractivity contribution >= 4 is 22.3 Å². The summed E-state index contributed by atoms with van der Waals surface area (Å²) >= 11 is 0. The summed E-state index contributed by atoms with van der Waals surface area (Å²) < 4.78 is 118. The molecule has 1 unspecified atom stereocenters. The predicted octanol–water partition coefficient (Wildman–Crippen LogP) is 6.82. The molecular weight excluding hydrogens is 1050 g/mol. The minimum Gasteiger partial charge on any atom is -0.469 e. The molecule has 20 nitrogen and oxygen atoms in total. The number of rotatable bonds is 28. The van der Waals surface area contributed by atoms with Crippen LogP contribution in [0.5, 0.6) is 0 Å². The van der Waals surface area contributed by atoms with Crippen molar-refractivity contribution in [3.63, 3.8) is 0 Å². The van der Waals surface area contributed by atoms with E-state index in [9.17, 15) is 27.7 Å². The van der Waals surface area contributed by atoms with Crippen molar-refractivity contribution in [3.05, 3.63) is 144 Å². The van der Waals surface area contributed by atoms with E-state index in [0.29, 0.717) is 24.8 Å². The number of methoxy groups -OCH3 is 1. The first-order valence-corrected chi connectivity index (χ1v) is 28.5. The van der Waals surface area contributed by atoms with Crippen molar-refractivity contribution in [1.29, 1.82) is 0 Å². The third-order valence-electron chi connectivity index (χ3n) is 14.0. The second-order valence-corrected chi connectivity index (χ2v) is 21.2. The predicted molar refractivity (Wildman–Crippen MR) is 282 cm³/mol. The molecule has 4 heterocycles. The summed E-state index contributed by atoms with van der Waals surface area (Å²) in [6.07, 6.45) is -11.4. The number of benzene rings is 4. The number of hydrogen-bond acceptors (Lipinski definition) is 18. The molecular formula is C58H75NO19S. The van der Waals surface area contributed by atoms with Crippen LogP contribution in [0.3, 0.4) is 0 Å². The first-order chi connectivity index (χ1) is 38.3. The van der Waals surface area contributed by atoms with Crippen LogP contribution >= 0.6 is 0 Å². The molecule has 4 fully saturated rings. The number of nitrogens with one attached hydrogen (secondary N) is 1. The van der Waals surface area contributed by atoms with E-state index in [0.717, 1.165) is 48.8 Å². The van der Waals surface area contributed by atoms with E-state index < -0.39 is 109 Å². The zero-order valence-corrected chi connectivity index (χ0v) is 45.7. The Balaban J connectivity index is 1.13. The van der Waals surface area contributed by atoms with E-state index in [4.69, 9.17) is 61.0 Å². The topological polar surface area (TPSA) is 241 Å². The number of aliphatic hydroxyl groups excluding tert-OH is 1. The Morgan fingerprint density at radius 3 is 1.89 bits per heavy atom. The number of aliphatic hydroxyl groups is 1. The molecule has 15 atom stereocenters. The van der Waals surface area contributed by atoms with Crippen LogP contribution in [0.15, 0.2) is 121 Å².